The third-order valence-electron chi connectivity index (χ3n) is 4.77. The lowest BCUT2D eigenvalue weighted by molar-refractivity contribution is 0.0699. The molecule has 0 heterocycles. The predicted molar refractivity (Wildman–Crippen MR) is 86.2 cm³/mol. The largest absolute Gasteiger partial charge is 0.399 e. The second kappa shape index (κ2) is 6.08. The maximum absolute atomic E-state index is 12.9. The second-order valence-electron chi connectivity index (χ2n) is 6.83. The summed E-state index contributed by atoms with van der Waals surface area (Å²) in [5.74, 6) is 0.879. The van der Waals surface area contributed by atoms with Crippen LogP contribution >= 0.6 is 0 Å². The van der Waals surface area contributed by atoms with Gasteiger partial charge >= 0.3 is 0 Å². The van der Waals surface area contributed by atoms with Crippen molar-refractivity contribution >= 4 is 11.6 Å². The lowest BCUT2D eigenvalue weighted by Crippen LogP contribution is -2.37. The van der Waals surface area contributed by atoms with E-state index in [-0.39, 0.29) is 5.91 Å². The Morgan fingerprint density at radius 1 is 1.14 bits per heavy atom. The van der Waals surface area contributed by atoms with Crippen molar-refractivity contribution in [3.63, 3.8) is 0 Å². The molecule has 1 aromatic carbocycles. The number of nitrogen functional groups attached to an aromatic ring is 1. The molecule has 0 unspecified atom stereocenters. The minimum absolute atomic E-state index is 0.179. The van der Waals surface area contributed by atoms with Crippen molar-refractivity contribution in [2.24, 2.45) is 5.92 Å². The van der Waals surface area contributed by atoms with Gasteiger partial charge in [-0.15, -0.1) is 0 Å². The molecule has 2 N–H and O–H groups in total. The molecule has 2 aliphatic rings. The van der Waals surface area contributed by atoms with Crippen molar-refractivity contribution in [3.8, 4) is 0 Å². The molecular weight excluding hydrogens is 260 g/mol. The summed E-state index contributed by atoms with van der Waals surface area (Å²) >= 11 is 0. The molecule has 114 valence electrons. The van der Waals surface area contributed by atoms with Crippen LogP contribution in [0.25, 0.3) is 0 Å². The van der Waals surface area contributed by atoms with Gasteiger partial charge in [0.25, 0.3) is 5.91 Å². The van der Waals surface area contributed by atoms with Crippen LogP contribution in [0.4, 0.5) is 5.69 Å². The molecule has 3 rings (SSSR count). The van der Waals surface area contributed by atoms with E-state index >= 15 is 0 Å². The Labute approximate surface area is 127 Å². The molecule has 0 spiro atoms. The first-order chi connectivity index (χ1) is 10.1. The number of aryl methyl sites for hydroxylation is 1. The molecule has 0 aromatic heterocycles. The number of amides is 1. The Kier molecular flexibility index (Phi) is 4.18. The zero-order valence-electron chi connectivity index (χ0n) is 13.0. The maximum Gasteiger partial charge on any atom is 0.254 e. The van der Waals surface area contributed by atoms with Crippen LogP contribution in [0, 0.1) is 12.8 Å². The maximum atomic E-state index is 12.9. The Morgan fingerprint density at radius 2 is 1.86 bits per heavy atom. The average Bonchev–Trinajstić information content (AvgIpc) is 3.29. The number of benzene rings is 1. The number of rotatable bonds is 4. The van der Waals surface area contributed by atoms with Crippen LogP contribution in [0.5, 0.6) is 0 Å². The van der Waals surface area contributed by atoms with Gasteiger partial charge in [-0.2, -0.15) is 0 Å². The normalized spacial score (nSPS) is 19.5. The third-order valence-corrected chi connectivity index (χ3v) is 4.77. The molecule has 3 heteroatoms. The number of carbonyl (C=O) groups is 1. The van der Waals surface area contributed by atoms with E-state index < -0.39 is 0 Å². The smallest absolute Gasteiger partial charge is 0.254 e. The fourth-order valence-electron chi connectivity index (χ4n) is 3.53. The highest BCUT2D eigenvalue weighted by Gasteiger charge is 2.34. The van der Waals surface area contributed by atoms with E-state index in [4.69, 9.17) is 5.73 Å². The van der Waals surface area contributed by atoms with Crippen molar-refractivity contribution in [1.82, 2.24) is 4.90 Å². The SMILES string of the molecule is Cc1cc(N)cc(C(=O)N(CC2CCCCC2)C2CC2)c1. The van der Waals surface area contributed by atoms with Crippen LogP contribution in [0.3, 0.4) is 0 Å². The van der Waals surface area contributed by atoms with E-state index in [1.165, 1.54) is 44.9 Å². The van der Waals surface area contributed by atoms with Gasteiger partial charge in [0.1, 0.15) is 0 Å². The number of nitrogens with two attached hydrogens (primary N) is 1. The molecule has 0 aliphatic heterocycles. The highest BCUT2D eigenvalue weighted by Crippen LogP contribution is 2.32. The number of carbonyl (C=O) groups excluding carboxylic acids is 1. The molecule has 21 heavy (non-hydrogen) atoms. The van der Waals surface area contributed by atoms with Crippen LogP contribution in [-0.2, 0) is 0 Å². The summed E-state index contributed by atoms with van der Waals surface area (Å²) in [5, 5.41) is 0. The summed E-state index contributed by atoms with van der Waals surface area (Å²) in [4.78, 5) is 15.0. The molecule has 0 atom stereocenters. The van der Waals surface area contributed by atoms with E-state index in [0.29, 0.717) is 17.6 Å². The number of hydrogen-bond donors (Lipinski definition) is 1. The molecule has 0 radical (unpaired) electrons. The summed E-state index contributed by atoms with van der Waals surface area (Å²) in [7, 11) is 0. The first-order valence-electron chi connectivity index (χ1n) is 8.31. The van der Waals surface area contributed by atoms with Crippen LogP contribution in [0.2, 0.25) is 0 Å². The Hall–Kier alpha value is -1.51. The third kappa shape index (κ3) is 3.58. The van der Waals surface area contributed by atoms with E-state index in [9.17, 15) is 4.79 Å². The van der Waals surface area contributed by atoms with Gasteiger partial charge in [-0.25, -0.2) is 0 Å². The minimum Gasteiger partial charge on any atom is -0.399 e. The highest BCUT2D eigenvalue weighted by molar-refractivity contribution is 5.95. The van der Waals surface area contributed by atoms with Crippen molar-refractivity contribution in [1.29, 1.82) is 0 Å². The topological polar surface area (TPSA) is 46.3 Å². The van der Waals surface area contributed by atoms with Gasteiger partial charge in [0.15, 0.2) is 0 Å². The zero-order valence-corrected chi connectivity index (χ0v) is 13.0. The van der Waals surface area contributed by atoms with Gasteiger partial charge in [0, 0.05) is 23.8 Å². The van der Waals surface area contributed by atoms with Gasteiger partial charge in [-0.05, 0) is 62.3 Å². The number of anilines is 1. The first-order valence-corrected chi connectivity index (χ1v) is 8.31. The number of nitrogens with zero attached hydrogens (tertiary/aromatic N) is 1. The van der Waals surface area contributed by atoms with Crippen LogP contribution in [0.1, 0.15) is 60.9 Å². The number of hydrogen-bond acceptors (Lipinski definition) is 2. The Morgan fingerprint density at radius 3 is 2.48 bits per heavy atom. The molecule has 3 nitrogen and oxygen atoms in total. The van der Waals surface area contributed by atoms with Gasteiger partial charge in [0.05, 0.1) is 0 Å². The monoisotopic (exact) mass is 286 g/mol. The summed E-state index contributed by atoms with van der Waals surface area (Å²) in [5.41, 5.74) is 8.41. The quantitative estimate of drug-likeness (QED) is 0.857. The van der Waals surface area contributed by atoms with Crippen LogP contribution in [0.15, 0.2) is 18.2 Å². The van der Waals surface area contributed by atoms with E-state index in [1.54, 1.807) is 0 Å². The van der Waals surface area contributed by atoms with Gasteiger partial charge in [-0.3, -0.25) is 4.79 Å². The molecule has 2 saturated carbocycles. The lowest BCUT2D eigenvalue weighted by Gasteiger charge is -2.30. The molecule has 2 fully saturated rings. The summed E-state index contributed by atoms with van der Waals surface area (Å²) in [6.45, 7) is 2.94. The standard InChI is InChI=1S/C18H26N2O/c1-13-9-15(11-16(19)10-13)18(21)20(17-7-8-17)12-14-5-3-2-4-6-14/h9-11,14,17H,2-8,12,19H2,1H3. The van der Waals surface area contributed by atoms with Crippen molar-refractivity contribution in [2.45, 2.75) is 57.9 Å². The van der Waals surface area contributed by atoms with Gasteiger partial charge in [-0.1, -0.05) is 19.3 Å². The van der Waals surface area contributed by atoms with E-state index in [2.05, 4.69) is 4.90 Å². The molecule has 1 amide bonds. The average molecular weight is 286 g/mol. The van der Waals surface area contributed by atoms with Crippen molar-refractivity contribution in [2.75, 3.05) is 12.3 Å². The fraction of sp³-hybridized carbons (Fsp3) is 0.611. The van der Waals surface area contributed by atoms with Crippen molar-refractivity contribution < 1.29 is 4.79 Å². The molecule has 1 aromatic rings. The van der Waals surface area contributed by atoms with Crippen LogP contribution in [-0.4, -0.2) is 23.4 Å². The summed E-state index contributed by atoms with van der Waals surface area (Å²) in [6.07, 6.45) is 8.92. The molecular formula is C18H26N2O. The zero-order chi connectivity index (χ0) is 14.8. The summed E-state index contributed by atoms with van der Waals surface area (Å²) in [6, 6.07) is 6.18. The molecule has 2 aliphatic carbocycles. The summed E-state index contributed by atoms with van der Waals surface area (Å²) < 4.78 is 0. The second-order valence-corrected chi connectivity index (χ2v) is 6.83. The minimum atomic E-state index is 0.179. The van der Waals surface area contributed by atoms with E-state index in [1.807, 2.05) is 25.1 Å². The van der Waals surface area contributed by atoms with E-state index in [0.717, 1.165) is 17.7 Å². The van der Waals surface area contributed by atoms with Crippen molar-refractivity contribution in [3.05, 3.63) is 29.3 Å². The Bertz CT molecular complexity index is 496. The molecule has 0 saturated heterocycles. The fourth-order valence-corrected chi connectivity index (χ4v) is 3.53. The highest BCUT2D eigenvalue weighted by atomic mass is 16.2. The Balaban J connectivity index is 1.74. The lowest BCUT2D eigenvalue weighted by atomic mass is 9.88. The molecule has 0 bridgehead atoms. The van der Waals surface area contributed by atoms with Gasteiger partial charge in [0.2, 0.25) is 0 Å². The predicted octanol–water partition coefficient (Wildman–Crippen LogP) is 3.76. The van der Waals surface area contributed by atoms with Crippen LogP contribution < -0.4 is 5.73 Å². The first kappa shape index (κ1) is 14.4. The van der Waals surface area contributed by atoms with Gasteiger partial charge < -0.3 is 10.6 Å².